The molecule has 0 amide bonds. The first-order valence-corrected chi connectivity index (χ1v) is 8.08. The fourth-order valence-corrected chi connectivity index (χ4v) is 2.68. The Morgan fingerprint density at radius 2 is 2.09 bits per heavy atom. The lowest BCUT2D eigenvalue weighted by atomic mass is 10.1. The summed E-state index contributed by atoms with van der Waals surface area (Å²) in [6, 6.07) is 10.4. The second-order valence-electron chi connectivity index (χ2n) is 5.19. The highest BCUT2D eigenvalue weighted by atomic mass is 35.5. The van der Waals surface area contributed by atoms with Crippen LogP contribution in [0.5, 0.6) is 0 Å². The van der Waals surface area contributed by atoms with Gasteiger partial charge in [0.15, 0.2) is 5.11 Å². The third-order valence-electron chi connectivity index (χ3n) is 3.57. The molecule has 6 heteroatoms. The Hall–Kier alpha value is -1.59. The van der Waals surface area contributed by atoms with Gasteiger partial charge in [0.25, 0.3) is 0 Å². The number of hydrogen-bond acceptors (Lipinski definition) is 2. The van der Waals surface area contributed by atoms with Crippen molar-refractivity contribution in [2.75, 3.05) is 7.05 Å². The smallest absolute Gasteiger partial charge is 0.169 e. The van der Waals surface area contributed by atoms with Gasteiger partial charge in [0.05, 0.1) is 29.5 Å². The Morgan fingerprint density at radius 1 is 1.41 bits per heavy atom. The largest absolute Gasteiger partial charge is 0.356 e. The van der Waals surface area contributed by atoms with Crippen LogP contribution in [0.15, 0.2) is 36.5 Å². The van der Waals surface area contributed by atoms with Crippen molar-refractivity contribution in [3.05, 3.63) is 52.8 Å². The van der Waals surface area contributed by atoms with Crippen molar-refractivity contribution in [3.8, 4) is 0 Å². The summed E-state index contributed by atoms with van der Waals surface area (Å²) < 4.78 is 1.89. The van der Waals surface area contributed by atoms with Crippen molar-refractivity contribution in [1.82, 2.24) is 20.0 Å². The molecule has 0 aliphatic heterocycles. The lowest BCUT2D eigenvalue weighted by Crippen LogP contribution is -2.38. The number of halogens is 1. The van der Waals surface area contributed by atoms with Crippen LogP contribution in [0, 0.1) is 0 Å². The van der Waals surface area contributed by atoms with Gasteiger partial charge in [-0.1, -0.05) is 41.9 Å². The van der Waals surface area contributed by atoms with Crippen LogP contribution in [0.2, 0.25) is 5.02 Å². The molecule has 2 rings (SSSR count). The zero-order valence-corrected chi connectivity index (χ0v) is 14.7. The Kier molecular flexibility index (Phi) is 5.80. The number of thiocarbonyl (C=S) groups is 1. The number of nitrogens with one attached hydrogen (secondary N) is 1. The molecule has 0 aliphatic carbocycles. The van der Waals surface area contributed by atoms with Crippen LogP contribution in [0.1, 0.15) is 31.1 Å². The Bertz CT molecular complexity index is 626. The fraction of sp³-hybridized carbons (Fsp3) is 0.375. The van der Waals surface area contributed by atoms with Crippen molar-refractivity contribution in [2.24, 2.45) is 0 Å². The molecule has 1 atom stereocenters. The summed E-state index contributed by atoms with van der Waals surface area (Å²) in [6.45, 7) is 5.55. The van der Waals surface area contributed by atoms with E-state index in [0.717, 1.165) is 12.2 Å². The van der Waals surface area contributed by atoms with Gasteiger partial charge in [-0.05, 0) is 31.6 Å². The van der Waals surface area contributed by atoms with E-state index in [1.165, 1.54) is 5.56 Å². The Labute approximate surface area is 142 Å². The lowest BCUT2D eigenvalue weighted by molar-refractivity contribution is 0.451. The second kappa shape index (κ2) is 7.61. The lowest BCUT2D eigenvalue weighted by Gasteiger charge is -2.25. The van der Waals surface area contributed by atoms with Gasteiger partial charge in [-0.15, -0.1) is 0 Å². The molecule has 1 aromatic heterocycles. The predicted molar refractivity (Wildman–Crippen MR) is 95.0 cm³/mol. The molecule has 2 aromatic rings. The standard InChI is InChI=1S/C16H21ClN4S/c1-4-21-15(14(17)10-18-21)11-20(3)16(22)19-12(2)13-8-6-5-7-9-13/h5-10,12H,4,11H2,1-3H3,(H,19,22). The highest BCUT2D eigenvalue weighted by molar-refractivity contribution is 7.80. The molecule has 1 N–H and O–H groups in total. The SMILES string of the molecule is CCn1ncc(Cl)c1CN(C)C(=S)NC(C)c1ccccc1. The van der Waals surface area contributed by atoms with Crippen molar-refractivity contribution in [1.29, 1.82) is 0 Å². The van der Waals surface area contributed by atoms with Crippen molar-refractivity contribution >= 4 is 28.9 Å². The quantitative estimate of drug-likeness (QED) is 0.845. The van der Waals surface area contributed by atoms with Crippen molar-refractivity contribution in [3.63, 3.8) is 0 Å². The third-order valence-corrected chi connectivity index (χ3v) is 4.32. The molecule has 0 saturated carbocycles. The van der Waals surface area contributed by atoms with Gasteiger partial charge in [-0.25, -0.2) is 0 Å². The van der Waals surface area contributed by atoms with Crippen molar-refractivity contribution in [2.45, 2.75) is 33.0 Å². The van der Waals surface area contributed by atoms with E-state index < -0.39 is 0 Å². The summed E-state index contributed by atoms with van der Waals surface area (Å²) in [5.74, 6) is 0. The molecule has 22 heavy (non-hydrogen) atoms. The van der Waals surface area contributed by atoms with E-state index in [1.54, 1.807) is 6.20 Å². The average molecular weight is 337 g/mol. The minimum atomic E-state index is 0.155. The molecule has 0 spiro atoms. The summed E-state index contributed by atoms with van der Waals surface area (Å²) in [5, 5.41) is 8.96. The molecule has 0 radical (unpaired) electrons. The molecule has 118 valence electrons. The highest BCUT2D eigenvalue weighted by Crippen LogP contribution is 2.17. The summed E-state index contributed by atoms with van der Waals surface area (Å²) >= 11 is 11.7. The van der Waals surface area contributed by atoms with Crippen LogP contribution in [0.3, 0.4) is 0 Å². The minimum absolute atomic E-state index is 0.155. The first-order valence-electron chi connectivity index (χ1n) is 7.29. The molecule has 1 unspecified atom stereocenters. The van der Waals surface area contributed by atoms with E-state index in [9.17, 15) is 0 Å². The van der Waals surface area contributed by atoms with E-state index in [0.29, 0.717) is 16.7 Å². The second-order valence-corrected chi connectivity index (χ2v) is 5.99. The first kappa shape index (κ1) is 16.8. The van der Waals surface area contributed by atoms with Gasteiger partial charge in [-0.2, -0.15) is 5.10 Å². The molecule has 1 heterocycles. The van der Waals surface area contributed by atoms with Gasteiger partial charge < -0.3 is 10.2 Å². The van der Waals surface area contributed by atoms with E-state index in [2.05, 4.69) is 29.5 Å². The number of nitrogens with zero attached hydrogens (tertiary/aromatic N) is 3. The number of aromatic nitrogens is 2. The van der Waals surface area contributed by atoms with Gasteiger partial charge in [-0.3, -0.25) is 4.68 Å². The first-order chi connectivity index (χ1) is 10.5. The van der Waals surface area contributed by atoms with E-state index >= 15 is 0 Å². The Balaban J connectivity index is 1.99. The van der Waals surface area contributed by atoms with Crippen LogP contribution in [0.25, 0.3) is 0 Å². The van der Waals surface area contributed by atoms with Gasteiger partial charge in [0, 0.05) is 13.6 Å². The zero-order valence-electron chi connectivity index (χ0n) is 13.1. The summed E-state index contributed by atoms with van der Waals surface area (Å²) in [6.07, 6.45) is 1.68. The molecule has 1 aromatic carbocycles. The fourth-order valence-electron chi connectivity index (χ4n) is 2.23. The van der Waals surface area contributed by atoms with Gasteiger partial charge >= 0.3 is 0 Å². The van der Waals surface area contributed by atoms with E-state index in [-0.39, 0.29) is 6.04 Å². The summed E-state index contributed by atoms with van der Waals surface area (Å²) in [7, 11) is 1.95. The topological polar surface area (TPSA) is 33.1 Å². The minimum Gasteiger partial charge on any atom is -0.356 e. The third kappa shape index (κ3) is 3.99. The van der Waals surface area contributed by atoms with Gasteiger partial charge in [0.2, 0.25) is 0 Å². The number of benzene rings is 1. The van der Waals surface area contributed by atoms with Crippen LogP contribution in [-0.2, 0) is 13.1 Å². The van der Waals surface area contributed by atoms with E-state index in [1.807, 2.05) is 41.8 Å². The summed E-state index contributed by atoms with van der Waals surface area (Å²) in [5.41, 5.74) is 2.18. The molecule has 0 aliphatic rings. The maximum Gasteiger partial charge on any atom is 0.169 e. The molecular formula is C16H21ClN4S. The molecular weight excluding hydrogens is 316 g/mol. The highest BCUT2D eigenvalue weighted by Gasteiger charge is 2.14. The van der Waals surface area contributed by atoms with Gasteiger partial charge in [0.1, 0.15) is 0 Å². The maximum atomic E-state index is 6.20. The van der Waals surface area contributed by atoms with Crippen molar-refractivity contribution < 1.29 is 0 Å². The van der Waals surface area contributed by atoms with Crippen LogP contribution < -0.4 is 5.32 Å². The average Bonchev–Trinajstić information content (AvgIpc) is 2.88. The van der Waals surface area contributed by atoms with Crippen LogP contribution in [0.4, 0.5) is 0 Å². The van der Waals surface area contributed by atoms with Crippen LogP contribution >= 0.6 is 23.8 Å². The maximum absolute atomic E-state index is 6.20. The normalized spacial score (nSPS) is 12.0. The Morgan fingerprint density at radius 3 is 2.73 bits per heavy atom. The summed E-state index contributed by atoms with van der Waals surface area (Å²) in [4.78, 5) is 1.98. The zero-order chi connectivity index (χ0) is 16.1. The predicted octanol–water partition coefficient (Wildman–Crippen LogP) is 3.62. The van der Waals surface area contributed by atoms with E-state index in [4.69, 9.17) is 23.8 Å². The van der Waals surface area contributed by atoms with Crippen LogP contribution in [-0.4, -0.2) is 26.8 Å². The molecule has 4 nitrogen and oxygen atoms in total. The molecule has 0 saturated heterocycles. The number of aryl methyl sites for hydroxylation is 1. The number of rotatable bonds is 5. The molecule has 0 bridgehead atoms. The monoisotopic (exact) mass is 336 g/mol. The molecule has 0 fully saturated rings. The number of hydrogen-bond donors (Lipinski definition) is 1.